The van der Waals surface area contributed by atoms with Crippen LogP contribution in [0.4, 0.5) is 5.69 Å². The van der Waals surface area contributed by atoms with Crippen LogP contribution in [-0.4, -0.2) is 16.3 Å². The van der Waals surface area contributed by atoms with Gasteiger partial charge in [-0.15, -0.1) is 24.4 Å². The van der Waals surface area contributed by atoms with E-state index < -0.39 is 0 Å². The third-order valence-electron chi connectivity index (χ3n) is 2.16. The summed E-state index contributed by atoms with van der Waals surface area (Å²) in [6.07, 6.45) is 0. The average molecular weight is 239 g/mol. The van der Waals surface area contributed by atoms with Gasteiger partial charge in [-0.3, -0.25) is 9.59 Å². The van der Waals surface area contributed by atoms with E-state index >= 15 is 0 Å². The number of anilines is 1. The van der Waals surface area contributed by atoms with Gasteiger partial charge in [-0.2, -0.15) is 0 Å². The molecule has 78 valence electrons. The molecule has 5 heteroatoms. The van der Waals surface area contributed by atoms with Gasteiger partial charge < -0.3 is 5.32 Å². The highest BCUT2D eigenvalue weighted by atomic mass is 32.2. The van der Waals surface area contributed by atoms with Gasteiger partial charge in [0, 0.05) is 10.5 Å². The van der Waals surface area contributed by atoms with Gasteiger partial charge in [0.15, 0.2) is 0 Å². The van der Waals surface area contributed by atoms with E-state index in [1.165, 1.54) is 11.8 Å². The molecule has 1 amide bonds. The number of hydrogen-bond acceptors (Lipinski definition) is 3. The Morgan fingerprint density at radius 2 is 2.27 bits per heavy atom. The number of fused-ring (bicyclic) bond motifs is 1. The minimum atomic E-state index is -0.296. The highest BCUT2D eigenvalue weighted by Crippen LogP contribution is 2.36. The zero-order valence-electron chi connectivity index (χ0n) is 7.98. The zero-order valence-corrected chi connectivity index (χ0v) is 9.69. The highest BCUT2D eigenvalue weighted by molar-refractivity contribution is 8.01. The first-order valence-corrected chi connectivity index (χ1v) is 5.75. The third-order valence-corrected chi connectivity index (χ3v) is 3.59. The smallest absolute Gasteiger partial charge is 0.237 e. The molecule has 1 aromatic carbocycles. The molecular formula is C10H9NO2S2. The summed E-state index contributed by atoms with van der Waals surface area (Å²) in [5, 5.41) is 2.38. The van der Waals surface area contributed by atoms with Crippen LogP contribution < -0.4 is 5.32 Å². The van der Waals surface area contributed by atoms with Crippen molar-refractivity contribution in [2.24, 2.45) is 0 Å². The van der Waals surface area contributed by atoms with Crippen molar-refractivity contribution in [3.8, 4) is 0 Å². The first-order chi connectivity index (χ1) is 7.08. The van der Waals surface area contributed by atoms with Crippen molar-refractivity contribution >= 4 is 41.1 Å². The Morgan fingerprint density at radius 1 is 1.53 bits per heavy atom. The Labute approximate surface area is 97.0 Å². The topological polar surface area (TPSA) is 46.2 Å². The zero-order chi connectivity index (χ0) is 11.0. The average Bonchev–Trinajstić information content (AvgIpc) is 2.19. The molecule has 0 spiro atoms. The summed E-state index contributed by atoms with van der Waals surface area (Å²) in [5.41, 5.74) is 1.19. The quantitative estimate of drug-likeness (QED) is 0.738. The predicted octanol–water partition coefficient (Wildman–Crippen LogP) is 2.19. The molecule has 0 aliphatic carbocycles. The maximum atomic E-state index is 11.4. The molecule has 0 fully saturated rings. The maximum Gasteiger partial charge on any atom is 0.237 e. The second kappa shape index (κ2) is 3.90. The predicted molar refractivity (Wildman–Crippen MR) is 63.7 cm³/mol. The molecule has 1 heterocycles. The summed E-state index contributed by atoms with van der Waals surface area (Å²) in [4.78, 5) is 23.4. The van der Waals surface area contributed by atoms with Gasteiger partial charge in [0.05, 0.1) is 10.9 Å². The van der Waals surface area contributed by atoms with Crippen LogP contribution >= 0.6 is 24.4 Å². The molecule has 1 atom stereocenters. The molecule has 0 aromatic heterocycles. The summed E-state index contributed by atoms with van der Waals surface area (Å²) in [5.74, 6) is -0.0312. The number of thiol groups is 1. The van der Waals surface area contributed by atoms with Crippen LogP contribution in [0.15, 0.2) is 23.1 Å². The minimum Gasteiger partial charge on any atom is -0.324 e. The lowest BCUT2D eigenvalue weighted by atomic mass is 10.2. The van der Waals surface area contributed by atoms with Crippen LogP contribution in [0, 0.1) is 0 Å². The van der Waals surface area contributed by atoms with Crippen molar-refractivity contribution in [2.75, 3.05) is 5.32 Å². The van der Waals surface area contributed by atoms with Crippen molar-refractivity contribution in [3.63, 3.8) is 0 Å². The standard InChI is InChI=1S/C10H9NO2S2/c1-5-9(12)11-7-4-6(10(13)14)2-3-8(7)15-5/h2-5H,1H3,(H,11,12)(H,13,14). The minimum absolute atomic E-state index is 0.0312. The lowest BCUT2D eigenvalue weighted by Gasteiger charge is -2.21. The fourth-order valence-electron chi connectivity index (χ4n) is 1.34. The van der Waals surface area contributed by atoms with E-state index in [1.807, 2.05) is 13.0 Å². The van der Waals surface area contributed by atoms with Crippen LogP contribution in [0.3, 0.4) is 0 Å². The molecule has 1 aliphatic heterocycles. The second-order valence-electron chi connectivity index (χ2n) is 3.27. The number of amides is 1. The normalized spacial score (nSPS) is 19.3. The van der Waals surface area contributed by atoms with Gasteiger partial charge in [-0.05, 0) is 25.1 Å². The molecule has 1 N–H and O–H groups in total. The van der Waals surface area contributed by atoms with Crippen molar-refractivity contribution in [1.29, 1.82) is 0 Å². The third kappa shape index (κ3) is 2.03. The largest absolute Gasteiger partial charge is 0.324 e. The van der Waals surface area contributed by atoms with Crippen LogP contribution in [0.2, 0.25) is 0 Å². The number of benzene rings is 1. The van der Waals surface area contributed by atoms with E-state index in [0.717, 1.165) is 4.90 Å². The van der Waals surface area contributed by atoms with Crippen molar-refractivity contribution in [2.45, 2.75) is 17.1 Å². The molecule has 15 heavy (non-hydrogen) atoms. The van der Waals surface area contributed by atoms with E-state index in [-0.39, 0.29) is 16.3 Å². The number of rotatable bonds is 1. The SMILES string of the molecule is CC1Sc2ccc(C(=O)S)cc2NC1=O. The molecule has 0 saturated carbocycles. The van der Waals surface area contributed by atoms with Gasteiger partial charge in [-0.25, -0.2) is 0 Å². The van der Waals surface area contributed by atoms with Crippen molar-refractivity contribution in [3.05, 3.63) is 23.8 Å². The Kier molecular flexibility index (Phi) is 2.75. The van der Waals surface area contributed by atoms with E-state index in [0.29, 0.717) is 11.3 Å². The van der Waals surface area contributed by atoms with Crippen LogP contribution in [0.5, 0.6) is 0 Å². The lowest BCUT2D eigenvalue weighted by Crippen LogP contribution is -2.26. The van der Waals surface area contributed by atoms with Gasteiger partial charge in [0.2, 0.25) is 11.0 Å². The summed E-state index contributed by atoms with van der Waals surface area (Å²) in [6, 6.07) is 5.20. The number of carbonyl (C=O) groups is 2. The van der Waals surface area contributed by atoms with Crippen LogP contribution in [0.25, 0.3) is 0 Å². The van der Waals surface area contributed by atoms with Crippen LogP contribution in [0.1, 0.15) is 17.3 Å². The van der Waals surface area contributed by atoms with E-state index in [2.05, 4.69) is 17.9 Å². The summed E-state index contributed by atoms with van der Waals surface area (Å²) < 4.78 is 0. The Bertz CT molecular complexity index is 445. The molecule has 3 nitrogen and oxygen atoms in total. The molecule has 1 aromatic rings. The van der Waals surface area contributed by atoms with E-state index in [4.69, 9.17) is 0 Å². The second-order valence-corrected chi connectivity index (χ2v) is 5.05. The lowest BCUT2D eigenvalue weighted by molar-refractivity contribution is -0.115. The van der Waals surface area contributed by atoms with E-state index in [1.54, 1.807) is 12.1 Å². The first kappa shape index (κ1) is 10.6. The Morgan fingerprint density at radius 3 is 2.93 bits per heavy atom. The number of hydrogen-bond donors (Lipinski definition) is 2. The summed E-state index contributed by atoms with van der Waals surface area (Å²) >= 11 is 5.23. The monoisotopic (exact) mass is 239 g/mol. The molecule has 1 unspecified atom stereocenters. The fraction of sp³-hybridized carbons (Fsp3) is 0.200. The van der Waals surface area contributed by atoms with Gasteiger partial charge >= 0.3 is 0 Å². The number of thioether (sulfide) groups is 1. The van der Waals surface area contributed by atoms with Gasteiger partial charge in [0.1, 0.15) is 0 Å². The van der Waals surface area contributed by atoms with Crippen molar-refractivity contribution < 1.29 is 9.59 Å². The summed E-state index contributed by atoms with van der Waals surface area (Å²) in [7, 11) is 0. The van der Waals surface area contributed by atoms with Gasteiger partial charge in [0.25, 0.3) is 0 Å². The Balaban J connectivity index is 2.41. The number of carbonyl (C=O) groups excluding carboxylic acids is 2. The maximum absolute atomic E-state index is 11.4. The molecule has 0 saturated heterocycles. The van der Waals surface area contributed by atoms with E-state index in [9.17, 15) is 9.59 Å². The molecule has 0 bridgehead atoms. The Hall–Kier alpha value is -0.940. The molecule has 1 aliphatic rings. The first-order valence-electron chi connectivity index (χ1n) is 4.43. The molecule has 2 rings (SSSR count). The van der Waals surface area contributed by atoms with Gasteiger partial charge in [-0.1, -0.05) is 0 Å². The molecule has 0 radical (unpaired) electrons. The molecular weight excluding hydrogens is 230 g/mol. The van der Waals surface area contributed by atoms with Crippen LogP contribution in [-0.2, 0) is 4.79 Å². The van der Waals surface area contributed by atoms with Crippen molar-refractivity contribution in [1.82, 2.24) is 0 Å². The summed E-state index contributed by atoms with van der Waals surface area (Å²) in [6.45, 7) is 1.85. The highest BCUT2D eigenvalue weighted by Gasteiger charge is 2.23. The number of nitrogens with one attached hydrogen (secondary N) is 1. The fourth-order valence-corrected chi connectivity index (χ4v) is 2.41.